The molecule has 0 spiro atoms. The fourth-order valence-corrected chi connectivity index (χ4v) is 3.45. The summed E-state index contributed by atoms with van der Waals surface area (Å²) in [5.74, 6) is 0.945. The molecule has 0 atom stereocenters. The first-order valence-electron chi connectivity index (χ1n) is 10.8. The predicted molar refractivity (Wildman–Crippen MR) is 118 cm³/mol. The van der Waals surface area contributed by atoms with Gasteiger partial charge in [-0.3, -0.25) is 4.98 Å². The average Bonchev–Trinajstić information content (AvgIpc) is 3.14. The van der Waals surface area contributed by atoms with Crippen LogP contribution in [-0.2, 0) is 19.4 Å². The van der Waals surface area contributed by atoms with Crippen molar-refractivity contribution in [3.8, 4) is 11.3 Å². The highest BCUT2D eigenvalue weighted by Crippen LogP contribution is 2.22. The van der Waals surface area contributed by atoms with Gasteiger partial charge in [-0.15, -0.1) is 0 Å². The van der Waals surface area contributed by atoms with Gasteiger partial charge in [-0.1, -0.05) is 57.4 Å². The summed E-state index contributed by atoms with van der Waals surface area (Å²) in [4.78, 5) is 20.8. The van der Waals surface area contributed by atoms with Gasteiger partial charge in [0.2, 0.25) is 0 Å². The van der Waals surface area contributed by atoms with Gasteiger partial charge in [0, 0.05) is 31.1 Å². The predicted octanol–water partition coefficient (Wildman–Crippen LogP) is 5.16. The van der Waals surface area contributed by atoms with Gasteiger partial charge in [-0.05, 0) is 30.5 Å². The van der Waals surface area contributed by atoms with E-state index in [-0.39, 0.29) is 5.56 Å². The maximum atomic E-state index is 11.5. The number of aromatic nitrogens is 4. The summed E-state index contributed by atoms with van der Waals surface area (Å²) in [6, 6.07) is 10.8. The van der Waals surface area contributed by atoms with Gasteiger partial charge >= 0.3 is 5.97 Å². The molecule has 0 radical (unpaired) electrons. The lowest BCUT2D eigenvalue weighted by atomic mass is 10.0. The van der Waals surface area contributed by atoms with E-state index in [1.54, 1.807) is 18.2 Å². The van der Waals surface area contributed by atoms with Crippen molar-refractivity contribution in [2.24, 2.45) is 0 Å². The number of pyridine rings is 1. The minimum Gasteiger partial charge on any atom is -0.478 e. The van der Waals surface area contributed by atoms with Gasteiger partial charge in [0.05, 0.1) is 11.3 Å². The lowest BCUT2D eigenvalue weighted by Crippen LogP contribution is -2.07. The van der Waals surface area contributed by atoms with E-state index >= 15 is 0 Å². The molecule has 3 aromatic rings. The third-order valence-corrected chi connectivity index (χ3v) is 5.14. The smallest absolute Gasteiger partial charge is 0.336 e. The molecular formula is C24H30N4O2. The van der Waals surface area contributed by atoms with Crippen LogP contribution in [0.1, 0.15) is 73.5 Å². The molecule has 0 unspecified atom stereocenters. The quantitative estimate of drug-likeness (QED) is 0.445. The second kappa shape index (κ2) is 10.7. The first-order chi connectivity index (χ1) is 14.6. The summed E-state index contributed by atoms with van der Waals surface area (Å²) in [6.45, 7) is 5.25. The highest BCUT2D eigenvalue weighted by atomic mass is 16.4. The molecule has 158 valence electrons. The summed E-state index contributed by atoms with van der Waals surface area (Å²) in [7, 11) is 0. The minimum absolute atomic E-state index is 0.258. The van der Waals surface area contributed by atoms with Crippen LogP contribution in [0.4, 0.5) is 0 Å². The molecule has 0 amide bonds. The Morgan fingerprint density at radius 3 is 2.53 bits per heavy atom. The molecule has 1 aromatic carbocycles. The topological polar surface area (TPSA) is 80.9 Å². The zero-order valence-corrected chi connectivity index (χ0v) is 17.8. The molecule has 3 rings (SSSR count). The van der Waals surface area contributed by atoms with Gasteiger partial charge < -0.3 is 5.11 Å². The van der Waals surface area contributed by atoms with E-state index < -0.39 is 5.97 Å². The number of unbranched alkanes of at least 4 members (excludes halogenated alkanes) is 3. The maximum Gasteiger partial charge on any atom is 0.336 e. The monoisotopic (exact) mass is 406 g/mol. The van der Waals surface area contributed by atoms with E-state index in [2.05, 4.69) is 18.8 Å². The van der Waals surface area contributed by atoms with E-state index in [4.69, 9.17) is 10.1 Å². The van der Waals surface area contributed by atoms with Crippen LogP contribution < -0.4 is 0 Å². The first kappa shape index (κ1) is 21.7. The van der Waals surface area contributed by atoms with E-state index in [9.17, 15) is 9.90 Å². The lowest BCUT2D eigenvalue weighted by molar-refractivity contribution is 0.0697. The van der Waals surface area contributed by atoms with Crippen molar-refractivity contribution in [2.75, 3.05) is 0 Å². The number of benzene rings is 1. The van der Waals surface area contributed by atoms with Gasteiger partial charge in [0.15, 0.2) is 5.82 Å². The number of rotatable bonds is 11. The molecule has 6 nitrogen and oxygen atoms in total. The van der Waals surface area contributed by atoms with Crippen LogP contribution in [0.3, 0.4) is 0 Å². The zero-order chi connectivity index (χ0) is 21.3. The van der Waals surface area contributed by atoms with Crippen LogP contribution in [0.25, 0.3) is 11.3 Å². The molecule has 2 aromatic heterocycles. The zero-order valence-electron chi connectivity index (χ0n) is 17.8. The number of carboxylic acid groups (broad SMARTS) is 1. The van der Waals surface area contributed by atoms with E-state index in [1.165, 1.54) is 12.8 Å². The number of hydrogen-bond acceptors (Lipinski definition) is 4. The standard InChI is InChI=1S/C24H30N4O2/c1-3-5-7-12-22-26-23(28(27-22)15-6-4-2)16-18-13-14-21(25-17-18)19-10-8-9-11-20(19)24(29)30/h8-11,13-14,17H,3-7,12,15-16H2,1-2H3,(H,29,30). The summed E-state index contributed by atoms with van der Waals surface area (Å²) >= 11 is 0. The van der Waals surface area contributed by atoms with Gasteiger partial charge in [0.25, 0.3) is 0 Å². The van der Waals surface area contributed by atoms with Crippen molar-refractivity contribution in [3.05, 3.63) is 65.4 Å². The highest BCUT2D eigenvalue weighted by Gasteiger charge is 2.13. The Labute approximate surface area is 178 Å². The first-order valence-corrected chi connectivity index (χ1v) is 10.8. The Balaban J connectivity index is 1.78. The van der Waals surface area contributed by atoms with Crippen LogP contribution in [0.5, 0.6) is 0 Å². The van der Waals surface area contributed by atoms with Crippen molar-refractivity contribution in [3.63, 3.8) is 0 Å². The SMILES string of the molecule is CCCCCc1nc(Cc2ccc(-c3ccccc3C(=O)O)nc2)n(CCCC)n1. The second-order valence-corrected chi connectivity index (χ2v) is 7.56. The van der Waals surface area contributed by atoms with Crippen LogP contribution >= 0.6 is 0 Å². The Bertz CT molecular complexity index is 964. The summed E-state index contributed by atoms with van der Waals surface area (Å²) in [5.41, 5.74) is 2.58. The van der Waals surface area contributed by atoms with Crippen molar-refractivity contribution in [1.82, 2.24) is 19.7 Å². The maximum absolute atomic E-state index is 11.5. The fourth-order valence-electron chi connectivity index (χ4n) is 3.45. The molecule has 0 fully saturated rings. The largest absolute Gasteiger partial charge is 0.478 e. The van der Waals surface area contributed by atoms with Crippen LogP contribution in [-0.4, -0.2) is 30.8 Å². The average molecular weight is 407 g/mol. The number of aromatic carboxylic acids is 1. The lowest BCUT2D eigenvalue weighted by Gasteiger charge is -2.07. The minimum atomic E-state index is -0.948. The normalized spacial score (nSPS) is 11.0. The molecule has 0 bridgehead atoms. The summed E-state index contributed by atoms with van der Waals surface area (Å²) in [5, 5.41) is 14.1. The molecule has 2 heterocycles. The van der Waals surface area contributed by atoms with Gasteiger partial charge in [-0.25, -0.2) is 14.5 Å². The third-order valence-electron chi connectivity index (χ3n) is 5.14. The van der Waals surface area contributed by atoms with E-state index in [1.807, 2.05) is 29.1 Å². The Kier molecular flexibility index (Phi) is 7.71. The number of carboxylic acids is 1. The summed E-state index contributed by atoms with van der Waals surface area (Å²) < 4.78 is 2.04. The van der Waals surface area contributed by atoms with Crippen LogP contribution in [0.2, 0.25) is 0 Å². The molecule has 1 N–H and O–H groups in total. The Morgan fingerprint density at radius 2 is 1.83 bits per heavy atom. The van der Waals surface area contributed by atoms with E-state index in [0.29, 0.717) is 17.7 Å². The third kappa shape index (κ3) is 5.53. The van der Waals surface area contributed by atoms with Gasteiger partial charge in [0.1, 0.15) is 5.82 Å². The molecule has 0 aliphatic carbocycles. The summed E-state index contributed by atoms with van der Waals surface area (Å²) in [6.07, 6.45) is 9.09. The Morgan fingerprint density at radius 1 is 1.03 bits per heavy atom. The Hall–Kier alpha value is -3.02. The molecule has 0 aliphatic heterocycles. The molecule has 0 saturated heterocycles. The van der Waals surface area contributed by atoms with E-state index in [0.717, 1.165) is 49.4 Å². The number of aryl methyl sites for hydroxylation is 2. The van der Waals surface area contributed by atoms with Crippen molar-refractivity contribution in [1.29, 1.82) is 0 Å². The molecule has 0 aliphatic rings. The number of nitrogens with zero attached hydrogens (tertiary/aromatic N) is 4. The fraction of sp³-hybridized carbons (Fsp3) is 0.417. The van der Waals surface area contributed by atoms with Crippen molar-refractivity contribution < 1.29 is 9.90 Å². The van der Waals surface area contributed by atoms with Gasteiger partial charge in [-0.2, -0.15) is 5.10 Å². The number of carbonyl (C=O) groups is 1. The molecule has 30 heavy (non-hydrogen) atoms. The van der Waals surface area contributed by atoms with Crippen molar-refractivity contribution in [2.45, 2.75) is 65.3 Å². The second-order valence-electron chi connectivity index (χ2n) is 7.56. The number of hydrogen-bond donors (Lipinski definition) is 1. The molecule has 0 saturated carbocycles. The molecule has 6 heteroatoms. The van der Waals surface area contributed by atoms with Crippen molar-refractivity contribution >= 4 is 5.97 Å². The van der Waals surface area contributed by atoms with Crippen LogP contribution in [0, 0.1) is 0 Å². The van der Waals surface area contributed by atoms with Crippen LogP contribution in [0.15, 0.2) is 42.6 Å². The molecular weight excluding hydrogens is 376 g/mol. The highest BCUT2D eigenvalue weighted by molar-refractivity contribution is 5.95.